The molecule has 1 amide bonds. The Hall–Kier alpha value is -2.71. The summed E-state index contributed by atoms with van der Waals surface area (Å²) >= 11 is 1.60. The molecule has 0 saturated carbocycles. The molecule has 1 N–H and O–H groups in total. The average molecular weight is 480 g/mol. The average Bonchev–Trinajstić information content (AvgIpc) is 3.56. The third kappa shape index (κ3) is 5.67. The van der Waals surface area contributed by atoms with Crippen LogP contribution in [0.1, 0.15) is 44.1 Å². The SMILES string of the molecule is CC1CCCN(c2ccc(CNC(=O)C3CCN(Cc4nc(-c5cccs5)no4)CC3)cc2)C1. The molecule has 2 fully saturated rings. The molecule has 3 aromatic rings. The highest BCUT2D eigenvalue weighted by molar-refractivity contribution is 7.13. The molecular weight excluding hydrogens is 446 g/mol. The molecule has 8 heteroatoms. The first kappa shape index (κ1) is 23.1. The second-order valence-electron chi connectivity index (χ2n) is 9.62. The van der Waals surface area contributed by atoms with Crippen LogP contribution in [-0.2, 0) is 17.9 Å². The van der Waals surface area contributed by atoms with E-state index in [1.807, 2.05) is 17.5 Å². The molecule has 180 valence electrons. The van der Waals surface area contributed by atoms with Gasteiger partial charge in [-0.05, 0) is 73.8 Å². The summed E-state index contributed by atoms with van der Waals surface area (Å²) in [7, 11) is 0. The Morgan fingerprint density at radius 2 is 1.97 bits per heavy atom. The Morgan fingerprint density at radius 3 is 2.71 bits per heavy atom. The fraction of sp³-hybridized carbons (Fsp3) is 0.500. The third-order valence-corrected chi connectivity index (χ3v) is 7.82. The number of thiophene rings is 1. The Balaban J connectivity index is 1.05. The molecule has 5 rings (SSSR count). The summed E-state index contributed by atoms with van der Waals surface area (Å²) in [6.45, 7) is 7.54. The first-order valence-corrected chi connectivity index (χ1v) is 13.2. The molecule has 2 aliphatic rings. The van der Waals surface area contributed by atoms with Gasteiger partial charge in [0.05, 0.1) is 11.4 Å². The van der Waals surface area contributed by atoms with Crippen molar-refractivity contribution in [2.45, 2.75) is 45.7 Å². The van der Waals surface area contributed by atoms with Gasteiger partial charge in [0.2, 0.25) is 17.6 Å². The van der Waals surface area contributed by atoms with Gasteiger partial charge in [-0.1, -0.05) is 30.3 Å². The lowest BCUT2D eigenvalue weighted by atomic mass is 9.96. The molecule has 7 nitrogen and oxygen atoms in total. The highest BCUT2D eigenvalue weighted by atomic mass is 32.1. The van der Waals surface area contributed by atoms with Gasteiger partial charge in [0.25, 0.3) is 0 Å². The molecule has 34 heavy (non-hydrogen) atoms. The first-order valence-electron chi connectivity index (χ1n) is 12.3. The Morgan fingerprint density at radius 1 is 1.15 bits per heavy atom. The van der Waals surface area contributed by atoms with Crippen molar-refractivity contribution < 1.29 is 9.32 Å². The van der Waals surface area contributed by atoms with Crippen molar-refractivity contribution in [1.82, 2.24) is 20.4 Å². The monoisotopic (exact) mass is 479 g/mol. The van der Waals surface area contributed by atoms with Crippen molar-refractivity contribution in [3.05, 3.63) is 53.2 Å². The van der Waals surface area contributed by atoms with E-state index < -0.39 is 0 Å². The van der Waals surface area contributed by atoms with Gasteiger partial charge >= 0.3 is 0 Å². The van der Waals surface area contributed by atoms with Crippen LogP contribution >= 0.6 is 11.3 Å². The van der Waals surface area contributed by atoms with Crippen LogP contribution in [0, 0.1) is 11.8 Å². The maximum absolute atomic E-state index is 12.7. The second kappa shape index (κ2) is 10.7. The quantitative estimate of drug-likeness (QED) is 0.535. The van der Waals surface area contributed by atoms with E-state index in [1.165, 1.54) is 18.5 Å². The molecule has 0 spiro atoms. The maximum atomic E-state index is 12.7. The van der Waals surface area contributed by atoms with Gasteiger partial charge in [-0.15, -0.1) is 11.3 Å². The van der Waals surface area contributed by atoms with Crippen LogP contribution in [0.25, 0.3) is 10.7 Å². The van der Waals surface area contributed by atoms with Crippen LogP contribution in [0.4, 0.5) is 5.69 Å². The van der Waals surface area contributed by atoms with Crippen LogP contribution in [0.2, 0.25) is 0 Å². The minimum absolute atomic E-state index is 0.0646. The van der Waals surface area contributed by atoms with E-state index in [4.69, 9.17) is 4.52 Å². The molecule has 1 unspecified atom stereocenters. The van der Waals surface area contributed by atoms with E-state index in [-0.39, 0.29) is 11.8 Å². The Bertz CT molecular complexity index is 1060. The lowest BCUT2D eigenvalue weighted by Gasteiger charge is -2.33. The fourth-order valence-corrected chi connectivity index (χ4v) is 5.60. The van der Waals surface area contributed by atoms with Crippen LogP contribution in [-0.4, -0.2) is 47.1 Å². The van der Waals surface area contributed by atoms with Gasteiger partial charge in [0.1, 0.15) is 0 Å². The number of carbonyl (C=O) groups excluding carboxylic acids is 1. The summed E-state index contributed by atoms with van der Waals surface area (Å²) in [5.41, 5.74) is 2.44. The number of nitrogens with one attached hydrogen (secondary N) is 1. The zero-order valence-corrected chi connectivity index (χ0v) is 20.6. The Labute approximate surface area is 205 Å². The molecule has 0 bridgehead atoms. The number of rotatable bonds is 7. The van der Waals surface area contributed by atoms with Crippen molar-refractivity contribution >= 4 is 22.9 Å². The minimum atomic E-state index is 0.0646. The molecule has 0 aliphatic carbocycles. The predicted molar refractivity (Wildman–Crippen MR) is 135 cm³/mol. The summed E-state index contributed by atoms with van der Waals surface area (Å²) < 4.78 is 5.43. The zero-order valence-electron chi connectivity index (χ0n) is 19.8. The molecule has 4 heterocycles. The summed E-state index contributed by atoms with van der Waals surface area (Å²) in [4.78, 5) is 23.0. The zero-order chi connectivity index (χ0) is 23.3. The largest absolute Gasteiger partial charge is 0.371 e. The summed E-state index contributed by atoms with van der Waals surface area (Å²) in [6.07, 6.45) is 4.30. The topological polar surface area (TPSA) is 74.5 Å². The molecule has 0 radical (unpaired) electrons. The van der Waals surface area contributed by atoms with Crippen molar-refractivity contribution in [2.75, 3.05) is 31.1 Å². The number of hydrogen-bond acceptors (Lipinski definition) is 7. The number of anilines is 1. The standard InChI is InChI=1S/C26H33N5O2S/c1-19-4-2-12-31(17-19)22-8-6-20(7-9-22)16-27-26(32)21-10-13-30(14-11-21)18-24-28-25(29-33-24)23-5-3-15-34-23/h3,5-9,15,19,21H,2,4,10-14,16-18H2,1H3,(H,27,32). The van der Waals surface area contributed by atoms with Crippen molar-refractivity contribution in [1.29, 1.82) is 0 Å². The van der Waals surface area contributed by atoms with Crippen LogP contribution < -0.4 is 10.2 Å². The molecule has 2 aromatic heterocycles. The third-order valence-electron chi connectivity index (χ3n) is 6.95. The summed E-state index contributed by atoms with van der Waals surface area (Å²) in [6, 6.07) is 12.7. The second-order valence-corrected chi connectivity index (χ2v) is 10.6. The number of aromatic nitrogens is 2. The Kier molecular flexibility index (Phi) is 7.25. The number of amides is 1. The number of nitrogens with zero attached hydrogens (tertiary/aromatic N) is 4. The van der Waals surface area contributed by atoms with E-state index in [2.05, 4.69) is 56.4 Å². The van der Waals surface area contributed by atoms with Gasteiger partial charge in [0.15, 0.2) is 0 Å². The van der Waals surface area contributed by atoms with Gasteiger partial charge in [-0.2, -0.15) is 4.98 Å². The van der Waals surface area contributed by atoms with E-state index in [0.29, 0.717) is 24.8 Å². The molecule has 2 aliphatic heterocycles. The van der Waals surface area contributed by atoms with Crippen LogP contribution in [0.3, 0.4) is 0 Å². The van der Waals surface area contributed by atoms with Gasteiger partial charge in [-0.3, -0.25) is 9.69 Å². The van der Waals surface area contributed by atoms with Crippen molar-refractivity contribution in [3.63, 3.8) is 0 Å². The van der Waals surface area contributed by atoms with E-state index in [0.717, 1.165) is 55.4 Å². The number of benzene rings is 1. The first-order chi connectivity index (χ1) is 16.6. The van der Waals surface area contributed by atoms with E-state index in [1.54, 1.807) is 11.3 Å². The maximum Gasteiger partial charge on any atom is 0.241 e. The van der Waals surface area contributed by atoms with E-state index in [9.17, 15) is 4.79 Å². The highest BCUT2D eigenvalue weighted by Crippen LogP contribution is 2.25. The lowest BCUT2D eigenvalue weighted by molar-refractivity contribution is -0.126. The molecule has 1 atom stereocenters. The number of hydrogen-bond donors (Lipinski definition) is 1. The van der Waals surface area contributed by atoms with Gasteiger partial charge < -0.3 is 14.7 Å². The molecular formula is C26H33N5O2S. The van der Waals surface area contributed by atoms with E-state index >= 15 is 0 Å². The van der Waals surface area contributed by atoms with Gasteiger partial charge in [-0.25, -0.2) is 0 Å². The number of carbonyl (C=O) groups is 1. The van der Waals surface area contributed by atoms with Crippen LogP contribution in [0.5, 0.6) is 0 Å². The number of likely N-dealkylation sites (tertiary alicyclic amines) is 1. The summed E-state index contributed by atoms with van der Waals surface area (Å²) in [5.74, 6) is 2.27. The summed E-state index contributed by atoms with van der Waals surface area (Å²) in [5, 5.41) is 9.24. The molecule has 2 saturated heterocycles. The molecule has 1 aromatic carbocycles. The van der Waals surface area contributed by atoms with Crippen molar-refractivity contribution in [2.24, 2.45) is 11.8 Å². The predicted octanol–water partition coefficient (Wildman–Crippen LogP) is 4.56. The van der Waals surface area contributed by atoms with Crippen molar-refractivity contribution in [3.8, 4) is 10.7 Å². The van der Waals surface area contributed by atoms with Gasteiger partial charge in [0, 0.05) is 31.2 Å². The fourth-order valence-electron chi connectivity index (χ4n) is 4.95. The number of piperidine rings is 2. The van der Waals surface area contributed by atoms with Crippen LogP contribution in [0.15, 0.2) is 46.3 Å². The highest BCUT2D eigenvalue weighted by Gasteiger charge is 2.26. The normalized spacial score (nSPS) is 19.9. The minimum Gasteiger partial charge on any atom is -0.371 e. The smallest absolute Gasteiger partial charge is 0.241 e. The lowest BCUT2D eigenvalue weighted by Crippen LogP contribution is -2.40.